The molecule has 0 aromatic rings. The molecule has 2 N–H and O–H groups in total. The number of halogens is 1. The first-order chi connectivity index (χ1) is 8.91. The zero-order chi connectivity index (χ0) is 14.2. The minimum absolute atomic E-state index is 0. The lowest BCUT2D eigenvalue weighted by atomic mass is 9.88. The van der Waals surface area contributed by atoms with Gasteiger partial charge < -0.3 is 10.6 Å². The van der Waals surface area contributed by atoms with Crippen molar-refractivity contribution in [3.63, 3.8) is 0 Å². The molecule has 0 aliphatic carbocycles. The predicted molar refractivity (Wildman–Crippen MR) is 76.3 cm³/mol. The van der Waals surface area contributed by atoms with E-state index in [1.807, 2.05) is 6.92 Å². The lowest BCUT2D eigenvalue weighted by Gasteiger charge is -2.32. The number of nitrogens with one attached hydrogen (secondary N) is 2. The minimum atomic E-state index is -0.683. The van der Waals surface area contributed by atoms with Crippen molar-refractivity contribution in [2.24, 2.45) is 11.8 Å². The standard InChI is InChI=1S/C13H21N3O3.ClH/c1-7(2)16-11(17)4-10(13(16)19)15-12(18)8(3)9-5-14-6-9;/h7-10,14H,4-6H2,1-3H3,(H,15,18);1H. The van der Waals surface area contributed by atoms with Crippen LogP contribution in [0.4, 0.5) is 0 Å². The van der Waals surface area contributed by atoms with E-state index < -0.39 is 6.04 Å². The van der Waals surface area contributed by atoms with E-state index in [9.17, 15) is 14.4 Å². The Hall–Kier alpha value is -1.14. The van der Waals surface area contributed by atoms with Crippen LogP contribution >= 0.6 is 12.4 Å². The molecule has 2 unspecified atom stereocenters. The molecule has 0 radical (unpaired) electrons. The van der Waals surface area contributed by atoms with Crippen LogP contribution in [0.5, 0.6) is 0 Å². The van der Waals surface area contributed by atoms with Gasteiger partial charge in [0.2, 0.25) is 11.8 Å². The average Bonchev–Trinajstić information content (AvgIpc) is 2.51. The van der Waals surface area contributed by atoms with Gasteiger partial charge in [-0.15, -0.1) is 12.4 Å². The molecule has 7 heteroatoms. The van der Waals surface area contributed by atoms with Crippen molar-refractivity contribution in [3.05, 3.63) is 0 Å². The van der Waals surface area contributed by atoms with Crippen molar-refractivity contribution < 1.29 is 14.4 Å². The predicted octanol–water partition coefficient (Wildman–Crippen LogP) is -0.0842. The van der Waals surface area contributed by atoms with Gasteiger partial charge in [-0.1, -0.05) is 6.92 Å². The van der Waals surface area contributed by atoms with Crippen molar-refractivity contribution in [3.8, 4) is 0 Å². The summed E-state index contributed by atoms with van der Waals surface area (Å²) in [5, 5.41) is 5.83. The Balaban J connectivity index is 0.00000200. The van der Waals surface area contributed by atoms with Gasteiger partial charge in [-0.2, -0.15) is 0 Å². The van der Waals surface area contributed by atoms with Crippen LogP contribution in [0, 0.1) is 11.8 Å². The first-order valence-electron chi connectivity index (χ1n) is 6.78. The van der Waals surface area contributed by atoms with Crippen molar-refractivity contribution >= 4 is 30.1 Å². The molecule has 20 heavy (non-hydrogen) atoms. The van der Waals surface area contributed by atoms with Crippen molar-refractivity contribution in [1.29, 1.82) is 0 Å². The molecule has 2 atom stereocenters. The van der Waals surface area contributed by atoms with E-state index >= 15 is 0 Å². The summed E-state index contributed by atoms with van der Waals surface area (Å²) >= 11 is 0. The van der Waals surface area contributed by atoms with Gasteiger partial charge in [0, 0.05) is 12.0 Å². The summed E-state index contributed by atoms with van der Waals surface area (Å²) in [6, 6.07) is -0.840. The second-order valence-electron chi connectivity index (χ2n) is 5.67. The Labute approximate surface area is 125 Å². The van der Waals surface area contributed by atoms with Crippen LogP contribution in [0.3, 0.4) is 0 Å². The number of hydrogen-bond acceptors (Lipinski definition) is 4. The van der Waals surface area contributed by atoms with Gasteiger partial charge in [-0.05, 0) is 32.9 Å². The maximum atomic E-state index is 12.0. The van der Waals surface area contributed by atoms with Gasteiger partial charge in [-0.3, -0.25) is 19.3 Å². The van der Waals surface area contributed by atoms with Gasteiger partial charge in [0.25, 0.3) is 5.91 Å². The average molecular weight is 304 g/mol. The maximum absolute atomic E-state index is 12.0. The summed E-state index contributed by atoms with van der Waals surface area (Å²) in [5.41, 5.74) is 0. The Kier molecular flexibility index (Phi) is 5.53. The lowest BCUT2D eigenvalue weighted by Crippen LogP contribution is -2.52. The fourth-order valence-corrected chi connectivity index (χ4v) is 2.49. The Morgan fingerprint density at radius 1 is 1.30 bits per heavy atom. The Morgan fingerprint density at radius 2 is 1.90 bits per heavy atom. The molecule has 6 nitrogen and oxygen atoms in total. The van der Waals surface area contributed by atoms with Crippen LogP contribution < -0.4 is 10.6 Å². The third kappa shape index (κ3) is 3.12. The fourth-order valence-electron chi connectivity index (χ4n) is 2.49. The Morgan fingerprint density at radius 3 is 2.30 bits per heavy atom. The molecular weight excluding hydrogens is 282 g/mol. The summed E-state index contributed by atoms with van der Waals surface area (Å²) in [6.07, 6.45) is 0.0817. The number of imide groups is 1. The Bertz CT molecular complexity index is 410. The highest BCUT2D eigenvalue weighted by Crippen LogP contribution is 2.19. The topological polar surface area (TPSA) is 78.5 Å². The summed E-state index contributed by atoms with van der Waals surface area (Å²) in [4.78, 5) is 37.1. The molecule has 0 spiro atoms. The van der Waals surface area contributed by atoms with Gasteiger partial charge >= 0.3 is 0 Å². The molecule has 2 rings (SSSR count). The highest BCUT2D eigenvalue weighted by atomic mass is 35.5. The van der Waals surface area contributed by atoms with Gasteiger partial charge in [0.1, 0.15) is 6.04 Å². The van der Waals surface area contributed by atoms with Crippen molar-refractivity contribution in [2.45, 2.75) is 39.3 Å². The third-order valence-corrected chi connectivity index (χ3v) is 3.95. The highest BCUT2D eigenvalue weighted by Gasteiger charge is 2.41. The van der Waals surface area contributed by atoms with Crippen molar-refractivity contribution in [2.75, 3.05) is 13.1 Å². The molecule has 114 valence electrons. The van der Waals surface area contributed by atoms with Crippen molar-refractivity contribution in [1.82, 2.24) is 15.5 Å². The van der Waals surface area contributed by atoms with Crippen LogP contribution in [0.1, 0.15) is 27.2 Å². The summed E-state index contributed by atoms with van der Waals surface area (Å²) in [7, 11) is 0. The first kappa shape index (κ1) is 16.9. The van der Waals surface area contributed by atoms with Crippen LogP contribution in [0.25, 0.3) is 0 Å². The second kappa shape index (κ2) is 6.54. The number of carbonyl (C=O) groups is 3. The van der Waals surface area contributed by atoms with Crippen LogP contribution in [0.15, 0.2) is 0 Å². The number of nitrogens with zero attached hydrogens (tertiary/aromatic N) is 1. The van der Waals surface area contributed by atoms with Crippen LogP contribution in [-0.4, -0.2) is 47.8 Å². The highest BCUT2D eigenvalue weighted by molar-refractivity contribution is 6.07. The van der Waals surface area contributed by atoms with E-state index in [2.05, 4.69) is 10.6 Å². The SMILES string of the molecule is CC(C(=O)NC1CC(=O)N(C(C)C)C1=O)C1CNC1.Cl. The van der Waals surface area contributed by atoms with Crippen LogP contribution in [0.2, 0.25) is 0 Å². The number of amides is 3. The van der Waals surface area contributed by atoms with E-state index in [-0.39, 0.29) is 48.5 Å². The van der Waals surface area contributed by atoms with Crippen LogP contribution in [-0.2, 0) is 14.4 Å². The lowest BCUT2D eigenvalue weighted by molar-refractivity contribution is -0.142. The number of hydrogen-bond donors (Lipinski definition) is 2. The molecule has 2 aliphatic rings. The fraction of sp³-hybridized carbons (Fsp3) is 0.769. The molecule has 2 fully saturated rings. The summed E-state index contributed by atoms with van der Waals surface area (Å²) < 4.78 is 0. The number of carbonyl (C=O) groups excluding carboxylic acids is 3. The minimum Gasteiger partial charge on any atom is -0.344 e. The molecule has 2 heterocycles. The zero-order valence-electron chi connectivity index (χ0n) is 12.0. The van der Waals surface area contributed by atoms with E-state index in [1.165, 1.54) is 4.90 Å². The van der Waals surface area contributed by atoms with Gasteiger partial charge in [0.15, 0.2) is 0 Å². The van der Waals surface area contributed by atoms with E-state index in [0.717, 1.165) is 13.1 Å². The largest absolute Gasteiger partial charge is 0.344 e. The smallest absolute Gasteiger partial charge is 0.252 e. The molecule has 2 saturated heterocycles. The van der Waals surface area contributed by atoms with Gasteiger partial charge in [-0.25, -0.2) is 0 Å². The maximum Gasteiger partial charge on any atom is 0.252 e. The first-order valence-corrected chi connectivity index (χ1v) is 6.78. The van der Waals surface area contributed by atoms with E-state index in [1.54, 1.807) is 13.8 Å². The quantitative estimate of drug-likeness (QED) is 0.712. The zero-order valence-corrected chi connectivity index (χ0v) is 12.8. The third-order valence-electron chi connectivity index (χ3n) is 3.95. The van der Waals surface area contributed by atoms with E-state index in [0.29, 0.717) is 5.92 Å². The summed E-state index contributed by atoms with van der Waals surface area (Å²) in [6.45, 7) is 7.13. The monoisotopic (exact) mass is 303 g/mol. The molecule has 0 saturated carbocycles. The second-order valence-corrected chi connectivity index (χ2v) is 5.67. The molecular formula is C13H22ClN3O3. The summed E-state index contributed by atoms with van der Waals surface area (Å²) in [5.74, 6) is -0.426. The molecule has 3 amide bonds. The molecule has 2 aliphatic heterocycles. The number of likely N-dealkylation sites (tertiary alicyclic amines) is 1. The van der Waals surface area contributed by atoms with Gasteiger partial charge in [0.05, 0.1) is 6.42 Å². The normalized spacial score (nSPS) is 24.4. The van der Waals surface area contributed by atoms with E-state index in [4.69, 9.17) is 0 Å². The molecule has 0 aromatic carbocycles. The molecule has 0 bridgehead atoms. The molecule has 0 aromatic heterocycles. The number of rotatable bonds is 4.